The van der Waals surface area contributed by atoms with Crippen LogP contribution in [-0.2, 0) is 16.1 Å². The van der Waals surface area contributed by atoms with Crippen LogP contribution in [0.3, 0.4) is 0 Å². The topological polar surface area (TPSA) is 97.6 Å². The Morgan fingerprint density at radius 1 is 1.00 bits per heavy atom. The van der Waals surface area contributed by atoms with Gasteiger partial charge in [0.15, 0.2) is 6.61 Å². The number of aromatic nitrogens is 2. The predicted octanol–water partition coefficient (Wildman–Crippen LogP) is 5.09. The van der Waals surface area contributed by atoms with E-state index in [0.29, 0.717) is 11.3 Å². The van der Waals surface area contributed by atoms with Crippen LogP contribution in [0, 0.1) is 6.92 Å². The molecule has 0 aliphatic heterocycles. The molecule has 0 aliphatic carbocycles. The van der Waals surface area contributed by atoms with Gasteiger partial charge >= 0.3 is 0 Å². The third-order valence-corrected chi connectivity index (χ3v) is 5.78. The van der Waals surface area contributed by atoms with Gasteiger partial charge in [0.2, 0.25) is 5.91 Å². The molecule has 2 aromatic heterocycles. The molecule has 0 saturated heterocycles. The Bertz CT molecular complexity index is 1620. The van der Waals surface area contributed by atoms with Crippen molar-refractivity contribution in [2.24, 2.45) is 5.10 Å². The first-order valence-electron chi connectivity index (χ1n) is 11.8. The van der Waals surface area contributed by atoms with Crippen molar-refractivity contribution in [2.75, 3.05) is 11.9 Å². The number of benzene rings is 3. The number of nitrogens with zero attached hydrogens (tertiary/aromatic N) is 3. The van der Waals surface area contributed by atoms with Crippen molar-refractivity contribution in [3.8, 4) is 5.75 Å². The van der Waals surface area contributed by atoms with Gasteiger partial charge < -0.3 is 14.6 Å². The summed E-state index contributed by atoms with van der Waals surface area (Å²) in [7, 11) is 0. The molecule has 2 heterocycles. The lowest BCUT2D eigenvalue weighted by molar-refractivity contribution is -0.123. The molecule has 5 rings (SSSR count). The number of halogens is 1. The summed E-state index contributed by atoms with van der Waals surface area (Å²) in [5.41, 5.74) is 6.69. The molecule has 192 valence electrons. The van der Waals surface area contributed by atoms with Crippen molar-refractivity contribution in [1.29, 1.82) is 0 Å². The van der Waals surface area contributed by atoms with E-state index in [1.165, 1.54) is 0 Å². The van der Waals surface area contributed by atoms with Crippen LogP contribution in [0.4, 0.5) is 5.69 Å². The summed E-state index contributed by atoms with van der Waals surface area (Å²) in [4.78, 5) is 29.3. The molecule has 5 aromatic rings. The van der Waals surface area contributed by atoms with Crippen molar-refractivity contribution in [1.82, 2.24) is 15.0 Å². The maximum Gasteiger partial charge on any atom is 0.277 e. The van der Waals surface area contributed by atoms with Gasteiger partial charge in [-0.05, 0) is 42.8 Å². The number of hydrogen-bond donors (Lipinski definition) is 2. The average Bonchev–Trinajstić information content (AvgIpc) is 3.24. The van der Waals surface area contributed by atoms with E-state index in [2.05, 4.69) is 20.8 Å². The first kappa shape index (κ1) is 26.4. The molecule has 3 aromatic carbocycles. The number of aryl methyl sites for hydroxylation is 1. The molecular weight excluding hydrogens is 502 g/mol. The van der Waals surface area contributed by atoms with Crippen molar-refractivity contribution in [2.45, 2.75) is 13.5 Å². The Hall–Kier alpha value is -4.69. The number of pyridine rings is 1. The van der Waals surface area contributed by atoms with Gasteiger partial charge in [-0.2, -0.15) is 5.10 Å². The van der Waals surface area contributed by atoms with Crippen LogP contribution in [0.25, 0.3) is 21.8 Å². The molecule has 0 aliphatic rings. The van der Waals surface area contributed by atoms with Crippen molar-refractivity contribution in [3.63, 3.8) is 0 Å². The Morgan fingerprint density at radius 3 is 2.68 bits per heavy atom. The van der Waals surface area contributed by atoms with Gasteiger partial charge in [-0.1, -0.05) is 48.5 Å². The number of fused-ring (bicyclic) bond motifs is 2. The number of ether oxygens (including phenoxy) is 1. The highest BCUT2D eigenvalue weighted by molar-refractivity contribution is 6.01. The van der Waals surface area contributed by atoms with Crippen LogP contribution >= 0.6 is 12.4 Å². The summed E-state index contributed by atoms with van der Waals surface area (Å²) < 4.78 is 7.52. The van der Waals surface area contributed by atoms with E-state index in [1.54, 1.807) is 18.5 Å². The number of amides is 2. The average molecular weight is 528 g/mol. The molecule has 0 radical (unpaired) electrons. The monoisotopic (exact) mass is 527 g/mol. The van der Waals surface area contributed by atoms with E-state index in [4.69, 9.17) is 4.74 Å². The van der Waals surface area contributed by atoms with Crippen LogP contribution in [0.1, 0.15) is 11.1 Å². The molecule has 38 heavy (non-hydrogen) atoms. The zero-order valence-corrected chi connectivity index (χ0v) is 21.4. The quantitative estimate of drug-likeness (QED) is 0.217. The summed E-state index contributed by atoms with van der Waals surface area (Å²) in [6, 6.07) is 24.7. The number of carbonyl (C=O) groups is 2. The summed E-state index contributed by atoms with van der Waals surface area (Å²) in [6.07, 6.45) is 5.09. The minimum absolute atomic E-state index is 0. The molecule has 0 saturated carbocycles. The van der Waals surface area contributed by atoms with Gasteiger partial charge in [0, 0.05) is 39.9 Å². The van der Waals surface area contributed by atoms with Crippen LogP contribution < -0.4 is 15.5 Å². The van der Waals surface area contributed by atoms with Crippen LogP contribution in [-0.4, -0.2) is 34.2 Å². The summed E-state index contributed by atoms with van der Waals surface area (Å²) in [5, 5.41) is 8.89. The predicted molar refractivity (Wildman–Crippen MR) is 152 cm³/mol. The lowest BCUT2D eigenvalue weighted by Gasteiger charge is -2.08. The second-order valence-electron chi connectivity index (χ2n) is 8.56. The number of anilines is 1. The van der Waals surface area contributed by atoms with Crippen LogP contribution in [0.5, 0.6) is 5.75 Å². The van der Waals surface area contributed by atoms with Gasteiger partial charge in [0.25, 0.3) is 5.91 Å². The van der Waals surface area contributed by atoms with Gasteiger partial charge in [-0.3, -0.25) is 14.6 Å². The number of carbonyl (C=O) groups excluding carboxylic acids is 2. The second-order valence-corrected chi connectivity index (χ2v) is 8.56. The highest BCUT2D eigenvalue weighted by Crippen LogP contribution is 2.23. The third kappa shape index (κ3) is 6.16. The molecular formula is C29H26ClN5O3. The Kier molecular flexibility index (Phi) is 8.35. The highest BCUT2D eigenvalue weighted by atomic mass is 35.5. The largest absolute Gasteiger partial charge is 0.481 e. The van der Waals surface area contributed by atoms with Gasteiger partial charge in [0.1, 0.15) is 17.8 Å². The fourth-order valence-corrected chi connectivity index (χ4v) is 4.13. The lowest BCUT2D eigenvalue weighted by atomic mass is 10.2. The van der Waals surface area contributed by atoms with Gasteiger partial charge in [-0.15, -0.1) is 12.4 Å². The summed E-state index contributed by atoms with van der Waals surface area (Å²) in [6.45, 7) is 1.92. The second kappa shape index (κ2) is 12.0. The summed E-state index contributed by atoms with van der Waals surface area (Å²) >= 11 is 0. The Balaban J connectivity index is 0.00000336. The number of hydrazone groups is 1. The highest BCUT2D eigenvalue weighted by Gasteiger charge is 2.11. The SMILES string of the molecule is Cc1cccc(NC(=O)Cn2cc(C=NNC(=O)COc3cccc4cccnc34)c3ccccc32)c1.Cl. The van der Waals surface area contributed by atoms with Crippen LogP contribution in [0.2, 0.25) is 0 Å². The number of para-hydroxylation sites is 2. The molecule has 0 spiro atoms. The molecule has 2 N–H and O–H groups in total. The molecule has 0 bridgehead atoms. The fourth-order valence-electron chi connectivity index (χ4n) is 4.13. The minimum Gasteiger partial charge on any atom is -0.481 e. The maximum absolute atomic E-state index is 12.7. The lowest BCUT2D eigenvalue weighted by Crippen LogP contribution is -2.24. The molecule has 8 nitrogen and oxygen atoms in total. The van der Waals surface area contributed by atoms with E-state index in [9.17, 15) is 9.59 Å². The van der Waals surface area contributed by atoms with Gasteiger partial charge in [-0.25, -0.2) is 5.43 Å². The number of rotatable bonds is 8. The zero-order chi connectivity index (χ0) is 25.6. The standard InChI is InChI=1S/C29H25N5O3.ClH/c1-20-7-4-10-23(15-20)32-27(35)18-34-17-22(24-11-2-3-12-25(24)34)16-31-33-28(36)19-37-26-13-5-8-21-9-6-14-30-29(21)26;/h2-17H,18-19H2,1H3,(H,32,35)(H,33,36);1H. The van der Waals surface area contributed by atoms with Crippen molar-refractivity contribution < 1.29 is 14.3 Å². The van der Waals surface area contributed by atoms with Crippen molar-refractivity contribution in [3.05, 3.63) is 102 Å². The smallest absolute Gasteiger partial charge is 0.277 e. The molecule has 2 amide bonds. The summed E-state index contributed by atoms with van der Waals surface area (Å²) in [5.74, 6) is -0.00193. The Morgan fingerprint density at radius 2 is 1.82 bits per heavy atom. The van der Waals surface area contributed by atoms with E-state index in [1.807, 2.05) is 90.5 Å². The van der Waals surface area contributed by atoms with Crippen LogP contribution in [0.15, 0.2) is 96.4 Å². The van der Waals surface area contributed by atoms with Crippen molar-refractivity contribution >= 4 is 57.9 Å². The third-order valence-electron chi connectivity index (χ3n) is 5.78. The van der Waals surface area contributed by atoms with Gasteiger partial charge in [0.05, 0.1) is 6.21 Å². The Labute approximate surface area is 225 Å². The molecule has 0 fully saturated rings. The van der Waals surface area contributed by atoms with E-state index < -0.39 is 5.91 Å². The first-order chi connectivity index (χ1) is 18.1. The maximum atomic E-state index is 12.7. The van der Waals surface area contributed by atoms with E-state index in [0.717, 1.165) is 33.1 Å². The normalized spacial score (nSPS) is 10.9. The van der Waals surface area contributed by atoms with E-state index in [-0.39, 0.29) is 31.5 Å². The molecule has 0 unspecified atom stereocenters. The fraction of sp³-hybridized carbons (Fsp3) is 0.103. The number of nitrogens with one attached hydrogen (secondary N) is 2. The van der Waals surface area contributed by atoms with E-state index >= 15 is 0 Å². The molecule has 0 atom stereocenters. The zero-order valence-electron chi connectivity index (χ0n) is 20.6. The first-order valence-corrected chi connectivity index (χ1v) is 11.8. The number of hydrogen-bond acceptors (Lipinski definition) is 5. The molecule has 9 heteroatoms. The minimum atomic E-state index is -0.398.